The Bertz CT molecular complexity index is 325. The van der Waals surface area contributed by atoms with Crippen molar-refractivity contribution in [3.63, 3.8) is 0 Å². The SMILES string of the molecule is CCC(C)CC(N)C1Cc2ccccc2S1. The normalized spacial score (nSPS) is 22.8. The molecular weight excluding hydrogens is 214 g/mol. The number of hydrogen-bond donors (Lipinski definition) is 1. The van der Waals surface area contributed by atoms with Gasteiger partial charge in [0.25, 0.3) is 0 Å². The first-order valence-corrected chi connectivity index (χ1v) is 7.08. The van der Waals surface area contributed by atoms with E-state index >= 15 is 0 Å². The van der Waals surface area contributed by atoms with Gasteiger partial charge in [-0.1, -0.05) is 38.5 Å². The Morgan fingerprint density at radius 1 is 1.44 bits per heavy atom. The van der Waals surface area contributed by atoms with Gasteiger partial charge in [-0.05, 0) is 30.4 Å². The molecule has 0 radical (unpaired) electrons. The van der Waals surface area contributed by atoms with Gasteiger partial charge >= 0.3 is 0 Å². The van der Waals surface area contributed by atoms with Crippen LogP contribution in [-0.2, 0) is 6.42 Å². The smallest absolute Gasteiger partial charge is 0.0287 e. The van der Waals surface area contributed by atoms with Crippen LogP contribution < -0.4 is 5.73 Å². The van der Waals surface area contributed by atoms with Crippen LogP contribution in [0.25, 0.3) is 0 Å². The summed E-state index contributed by atoms with van der Waals surface area (Å²) in [6.45, 7) is 4.54. The van der Waals surface area contributed by atoms with E-state index in [0.29, 0.717) is 11.3 Å². The van der Waals surface area contributed by atoms with Gasteiger partial charge in [0.05, 0.1) is 0 Å². The molecule has 1 aliphatic rings. The lowest BCUT2D eigenvalue weighted by molar-refractivity contribution is 0.444. The Balaban J connectivity index is 1.95. The molecule has 2 rings (SSSR count). The zero-order chi connectivity index (χ0) is 11.5. The average molecular weight is 235 g/mol. The molecule has 2 heteroatoms. The summed E-state index contributed by atoms with van der Waals surface area (Å²) in [5.41, 5.74) is 7.80. The standard InChI is InChI=1S/C14H21NS/c1-3-10(2)8-12(15)14-9-11-6-4-5-7-13(11)16-14/h4-7,10,12,14H,3,8-9,15H2,1-2H3. The molecule has 0 aliphatic carbocycles. The van der Waals surface area contributed by atoms with E-state index in [2.05, 4.69) is 38.1 Å². The van der Waals surface area contributed by atoms with Crippen LogP contribution in [0.15, 0.2) is 29.2 Å². The summed E-state index contributed by atoms with van der Waals surface area (Å²) in [6.07, 6.45) is 3.54. The molecule has 0 bridgehead atoms. The van der Waals surface area contributed by atoms with E-state index in [9.17, 15) is 0 Å². The van der Waals surface area contributed by atoms with Crippen LogP contribution in [0, 0.1) is 5.92 Å². The maximum atomic E-state index is 6.31. The molecule has 0 saturated carbocycles. The van der Waals surface area contributed by atoms with Gasteiger partial charge in [0.2, 0.25) is 0 Å². The van der Waals surface area contributed by atoms with E-state index in [0.717, 1.165) is 18.8 Å². The molecule has 3 atom stereocenters. The van der Waals surface area contributed by atoms with Gasteiger partial charge in [0, 0.05) is 16.2 Å². The predicted molar refractivity (Wildman–Crippen MR) is 71.8 cm³/mol. The summed E-state index contributed by atoms with van der Waals surface area (Å²) in [5.74, 6) is 0.749. The number of hydrogen-bond acceptors (Lipinski definition) is 2. The molecule has 88 valence electrons. The van der Waals surface area contributed by atoms with Gasteiger partial charge in [-0.25, -0.2) is 0 Å². The minimum Gasteiger partial charge on any atom is -0.327 e. The summed E-state index contributed by atoms with van der Waals surface area (Å²) in [6, 6.07) is 9.04. The molecule has 1 aliphatic heterocycles. The highest BCUT2D eigenvalue weighted by molar-refractivity contribution is 8.00. The second kappa shape index (κ2) is 5.24. The highest BCUT2D eigenvalue weighted by Crippen LogP contribution is 2.38. The Morgan fingerprint density at radius 3 is 2.88 bits per heavy atom. The number of benzene rings is 1. The second-order valence-corrected chi connectivity index (χ2v) is 6.16. The quantitative estimate of drug-likeness (QED) is 0.865. The molecule has 1 nitrogen and oxygen atoms in total. The molecular formula is C14H21NS. The lowest BCUT2D eigenvalue weighted by Gasteiger charge is -2.21. The lowest BCUT2D eigenvalue weighted by Crippen LogP contribution is -2.33. The molecule has 0 fully saturated rings. The van der Waals surface area contributed by atoms with Crippen molar-refractivity contribution in [1.29, 1.82) is 0 Å². The van der Waals surface area contributed by atoms with E-state index in [1.54, 1.807) is 0 Å². The Morgan fingerprint density at radius 2 is 2.19 bits per heavy atom. The Hall–Kier alpha value is -0.470. The van der Waals surface area contributed by atoms with Gasteiger partial charge in [-0.15, -0.1) is 11.8 Å². The van der Waals surface area contributed by atoms with E-state index < -0.39 is 0 Å². The second-order valence-electron chi connectivity index (χ2n) is 4.88. The van der Waals surface area contributed by atoms with E-state index in [1.165, 1.54) is 16.9 Å². The molecule has 16 heavy (non-hydrogen) atoms. The fraction of sp³-hybridized carbons (Fsp3) is 0.571. The van der Waals surface area contributed by atoms with Crippen molar-refractivity contribution in [2.24, 2.45) is 11.7 Å². The summed E-state index contributed by atoms with van der Waals surface area (Å²) < 4.78 is 0. The number of rotatable bonds is 4. The van der Waals surface area contributed by atoms with E-state index in [-0.39, 0.29) is 0 Å². The van der Waals surface area contributed by atoms with Crippen LogP contribution in [-0.4, -0.2) is 11.3 Å². The van der Waals surface area contributed by atoms with Gasteiger partial charge in [-0.3, -0.25) is 0 Å². The first kappa shape index (κ1) is 12.0. The van der Waals surface area contributed by atoms with Gasteiger partial charge in [0.15, 0.2) is 0 Å². The third-order valence-electron chi connectivity index (χ3n) is 3.52. The van der Waals surface area contributed by atoms with Crippen molar-refractivity contribution in [1.82, 2.24) is 0 Å². The molecule has 2 N–H and O–H groups in total. The fourth-order valence-corrected chi connectivity index (χ4v) is 3.57. The minimum atomic E-state index is 0.340. The Labute approximate surface area is 103 Å². The average Bonchev–Trinajstić information content (AvgIpc) is 2.72. The fourth-order valence-electron chi connectivity index (χ4n) is 2.23. The monoisotopic (exact) mass is 235 g/mol. The van der Waals surface area contributed by atoms with Crippen molar-refractivity contribution in [3.05, 3.63) is 29.8 Å². The zero-order valence-corrected chi connectivity index (χ0v) is 11.0. The molecule has 1 heterocycles. The van der Waals surface area contributed by atoms with Crippen LogP contribution >= 0.6 is 11.8 Å². The van der Waals surface area contributed by atoms with Crippen LogP contribution in [0.5, 0.6) is 0 Å². The zero-order valence-electron chi connectivity index (χ0n) is 10.1. The predicted octanol–water partition coefficient (Wildman–Crippen LogP) is 3.47. The number of nitrogens with two attached hydrogens (primary N) is 1. The molecule has 0 saturated heterocycles. The van der Waals surface area contributed by atoms with Crippen molar-refractivity contribution in [2.45, 2.75) is 49.3 Å². The van der Waals surface area contributed by atoms with Crippen molar-refractivity contribution in [3.8, 4) is 0 Å². The lowest BCUT2D eigenvalue weighted by atomic mass is 9.95. The summed E-state index contributed by atoms with van der Waals surface area (Å²) in [5, 5.41) is 0.589. The number of thioether (sulfide) groups is 1. The molecule has 1 aromatic rings. The van der Waals surface area contributed by atoms with Gasteiger partial charge < -0.3 is 5.73 Å². The first-order valence-electron chi connectivity index (χ1n) is 6.20. The highest BCUT2D eigenvalue weighted by Gasteiger charge is 2.27. The topological polar surface area (TPSA) is 26.0 Å². The van der Waals surface area contributed by atoms with Crippen LogP contribution in [0.2, 0.25) is 0 Å². The molecule has 0 amide bonds. The van der Waals surface area contributed by atoms with Crippen LogP contribution in [0.3, 0.4) is 0 Å². The summed E-state index contributed by atoms with van der Waals surface area (Å²) in [7, 11) is 0. The maximum Gasteiger partial charge on any atom is 0.0287 e. The first-order chi connectivity index (χ1) is 7.70. The molecule has 3 unspecified atom stereocenters. The molecule has 1 aromatic carbocycles. The Kier molecular flexibility index (Phi) is 3.93. The highest BCUT2D eigenvalue weighted by atomic mass is 32.2. The van der Waals surface area contributed by atoms with Crippen molar-refractivity contribution in [2.75, 3.05) is 0 Å². The van der Waals surface area contributed by atoms with Gasteiger partial charge in [0.1, 0.15) is 0 Å². The van der Waals surface area contributed by atoms with Crippen LogP contribution in [0.1, 0.15) is 32.3 Å². The number of fused-ring (bicyclic) bond motifs is 1. The third-order valence-corrected chi connectivity index (χ3v) is 4.99. The minimum absolute atomic E-state index is 0.340. The van der Waals surface area contributed by atoms with Crippen LogP contribution in [0.4, 0.5) is 0 Å². The third kappa shape index (κ3) is 2.61. The summed E-state index contributed by atoms with van der Waals surface area (Å²) in [4.78, 5) is 1.44. The molecule has 0 aromatic heterocycles. The largest absolute Gasteiger partial charge is 0.327 e. The molecule has 0 spiro atoms. The van der Waals surface area contributed by atoms with Crippen molar-refractivity contribution < 1.29 is 0 Å². The van der Waals surface area contributed by atoms with E-state index in [4.69, 9.17) is 5.73 Å². The maximum absolute atomic E-state index is 6.31. The summed E-state index contributed by atoms with van der Waals surface area (Å²) >= 11 is 1.97. The van der Waals surface area contributed by atoms with Crippen molar-refractivity contribution >= 4 is 11.8 Å². The van der Waals surface area contributed by atoms with E-state index in [1.807, 2.05) is 11.8 Å². The van der Waals surface area contributed by atoms with Gasteiger partial charge in [-0.2, -0.15) is 0 Å².